The van der Waals surface area contributed by atoms with Crippen LogP contribution in [0.25, 0.3) is 11.4 Å². The highest BCUT2D eigenvalue weighted by molar-refractivity contribution is 7.89. The second kappa shape index (κ2) is 8.52. The van der Waals surface area contributed by atoms with Crippen LogP contribution in [0.1, 0.15) is 50.9 Å². The highest BCUT2D eigenvalue weighted by atomic mass is 32.2. The summed E-state index contributed by atoms with van der Waals surface area (Å²) in [7, 11) is -2.12. The molecule has 2 aromatic heterocycles. The lowest BCUT2D eigenvalue weighted by atomic mass is 9.83. The van der Waals surface area contributed by atoms with E-state index < -0.39 is 22.2 Å². The minimum atomic E-state index is -3.78. The van der Waals surface area contributed by atoms with E-state index in [9.17, 15) is 13.5 Å². The van der Waals surface area contributed by atoms with E-state index in [-0.39, 0.29) is 16.9 Å². The van der Waals surface area contributed by atoms with Crippen molar-refractivity contribution in [3.63, 3.8) is 0 Å². The Kier molecular flexibility index (Phi) is 5.96. The molecule has 2 heterocycles. The highest BCUT2D eigenvalue weighted by Gasteiger charge is 2.36. The van der Waals surface area contributed by atoms with Crippen molar-refractivity contribution in [2.24, 2.45) is 7.05 Å². The molecule has 3 aromatic rings. The monoisotopic (exact) mass is 444 g/mol. The molecule has 1 saturated carbocycles. The number of sulfonamides is 1. The molecule has 0 bridgehead atoms. The van der Waals surface area contributed by atoms with Gasteiger partial charge in [-0.15, -0.1) is 0 Å². The smallest absolute Gasteiger partial charge is 0.244 e. The van der Waals surface area contributed by atoms with E-state index in [1.165, 1.54) is 17.1 Å². The third-order valence-corrected chi connectivity index (χ3v) is 7.10. The number of nitrogens with one attached hydrogen (secondary N) is 1. The van der Waals surface area contributed by atoms with Gasteiger partial charge in [-0.25, -0.2) is 22.8 Å². The molecular weight excluding hydrogens is 416 g/mol. The number of rotatable bonds is 6. The Labute approximate surface area is 182 Å². The Morgan fingerprint density at radius 2 is 1.94 bits per heavy atom. The number of hydrogen-bond acceptors (Lipinski definition) is 6. The van der Waals surface area contributed by atoms with Gasteiger partial charge in [-0.1, -0.05) is 30.3 Å². The summed E-state index contributed by atoms with van der Waals surface area (Å²) in [4.78, 5) is 4.91. The number of aliphatic hydroxyl groups is 1. The third kappa shape index (κ3) is 4.56. The summed E-state index contributed by atoms with van der Waals surface area (Å²) in [5.74, 6) is 1.46. The predicted molar refractivity (Wildman–Crippen MR) is 116 cm³/mol. The summed E-state index contributed by atoms with van der Waals surface area (Å²) >= 11 is 0. The van der Waals surface area contributed by atoms with Crippen molar-refractivity contribution in [2.75, 3.05) is 0 Å². The van der Waals surface area contributed by atoms with Gasteiger partial charge in [-0.3, -0.25) is 4.68 Å². The van der Waals surface area contributed by atoms with Crippen molar-refractivity contribution in [1.82, 2.24) is 29.3 Å². The van der Waals surface area contributed by atoms with E-state index in [2.05, 4.69) is 9.82 Å². The fourth-order valence-corrected chi connectivity index (χ4v) is 5.29. The lowest BCUT2D eigenvalue weighted by Gasteiger charge is -2.33. The van der Waals surface area contributed by atoms with E-state index in [1.54, 1.807) is 7.05 Å². The molecule has 1 fully saturated rings. The number of hydrogen-bond donors (Lipinski definition) is 2. The zero-order valence-electron chi connectivity index (χ0n) is 17.9. The molecule has 31 heavy (non-hydrogen) atoms. The van der Waals surface area contributed by atoms with Gasteiger partial charge in [0.05, 0.1) is 12.3 Å². The maximum Gasteiger partial charge on any atom is 0.244 e. The van der Waals surface area contributed by atoms with Gasteiger partial charge in [0.1, 0.15) is 10.7 Å². The summed E-state index contributed by atoms with van der Waals surface area (Å²) in [5, 5.41) is 19.2. The van der Waals surface area contributed by atoms with Gasteiger partial charge in [0.15, 0.2) is 5.82 Å². The van der Waals surface area contributed by atoms with E-state index in [0.29, 0.717) is 25.1 Å². The Morgan fingerprint density at radius 3 is 2.58 bits per heavy atom. The largest absolute Gasteiger partial charge is 0.391 e. The molecule has 3 atom stereocenters. The van der Waals surface area contributed by atoms with E-state index >= 15 is 0 Å². The van der Waals surface area contributed by atoms with E-state index in [0.717, 1.165) is 11.4 Å². The molecule has 1 aliphatic rings. The van der Waals surface area contributed by atoms with Crippen molar-refractivity contribution in [3.8, 4) is 11.4 Å². The first-order valence-electron chi connectivity index (χ1n) is 10.5. The summed E-state index contributed by atoms with van der Waals surface area (Å²) in [6.45, 7) is 4.10. The minimum absolute atomic E-state index is 0.0163. The van der Waals surface area contributed by atoms with Crippen LogP contribution in [0.3, 0.4) is 0 Å². The normalized spacial score (nSPS) is 22.2. The van der Waals surface area contributed by atoms with Crippen LogP contribution in [0.15, 0.2) is 47.6 Å². The van der Waals surface area contributed by atoms with Gasteiger partial charge < -0.3 is 5.11 Å². The fourth-order valence-electron chi connectivity index (χ4n) is 4.02. The van der Waals surface area contributed by atoms with Crippen LogP contribution < -0.4 is 4.72 Å². The first-order valence-corrected chi connectivity index (χ1v) is 11.9. The highest BCUT2D eigenvalue weighted by Crippen LogP contribution is 2.35. The first-order chi connectivity index (χ1) is 14.7. The summed E-state index contributed by atoms with van der Waals surface area (Å²) in [6.07, 6.45) is 3.63. The number of aliphatic hydroxyl groups excluding tert-OH is 1. The van der Waals surface area contributed by atoms with Crippen LogP contribution >= 0.6 is 0 Å². The van der Waals surface area contributed by atoms with Crippen LogP contribution in [0, 0.1) is 0 Å². The molecule has 0 spiro atoms. The molecule has 0 amide bonds. The Hall–Kier alpha value is -2.56. The van der Waals surface area contributed by atoms with Crippen molar-refractivity contribution >= 4 is 10.0 Å². The van der Waals surface area contributed by atoms with E-state index in [1.807, 2.05) is 48.9 Å². The number of aromatic nitrogens is 5. The molecule has 0 aliphatic heterocycles. The number of nitrogens with zero attached hydrogens (tertiary/aromatic N) is 5. The standard InChI is InChI=1S/C21H28N6O3S/c1-14(2)27-21(23-20(24-27)15-7-5-4-6-8-15)16-9-10-19(28)18(11-16)25-31(29,30)17-12-22-26(3)13-17/h4-8,12-14,16,18-19,25,28H,9-11H2,1-3H3/t16-,18+,19+/m0/s1. The molecule has 0 saturated heterocycles. The quantitative estimate of drug-likeness (QED) is 0.603. The van der Waals surface area contributed by atoms with Gasteiger partial charge in [0.25, 0.3) is 0 Å². The average molecular weight is 445 g/mol. The lowest BCUT2D eigenvalue weighted by Crippen LogP contribution is -2.46. The van der Waals surface area contributed by atoms with E-state index in [4.69, 9.17) is 10.1 Å². The van der Waals surface area contributed by atoms with Gasteiger partial charge in [0, 0.05) is 36.8 Å². The van der Waals surface area contributed by atoms with Crippen LogP contribution in [-0.4, -0.2) is 50.2 Å². The maximum absolute atomic E-state index is 12.8. The molecule has 1 aliphatic carbocycles. The number of aryl methyl sites for hydroxylation is 1. The topological polar surface area (TPSA) is 115 Å². The van der Waals surface area contributed by atoms with Crippen LogP contribution in [0.4, 0.5) is 0 Å². The fraction of sp³-hybridized carbons (Fsp3) is 0.476. The van der Waals surface area contributed by atoms with Crippen LogP contribution in [-0.2, 0) is 17.1 Å². The van der Waals surface area contributed by atoms with Gasteiger partial charge in [0.2, 0.25) is 10.0 Å². The lowest BCUT2D eigenvalue weighted by molar-refractivity contribution is 0.0912. The van der Waals surface area contributed by atoms with Gasteiger partial charge in [-0.2, -0.15) is 10.2 Å². The second-order valence-corrected chi connectivity index (χ2v) is 10.1. The predicted octanol–water partition coefficient (Wildman–Crippen LogP) is 2.23. The zero-order valence-corrected chi connectivity index (χ0v) is 18.7. The molecule has 166 valence electrons. The van der Waals surface area contributed by atoms with Crippen molar-refractivity contribution in [2.45, 2.75) is 62.1 Å². The van der Waals surface area contributed by atoms with Gasteiger partial charge in [-0.05, 0) is 33.1 Å². The Morgan fingerprint density at radius 1 is 1.19 bits per heavy atom. The Bertz CT molecular complexity index is 1140. The first kappa shape index (κ1) is 21.7. The maximum atomic E-state index is 12.8. The molecule has 10 heteroatoms. The molecule has 1 aromatic carbocycles. The van der Waals surface area contributed by atoms with Crippen molar-refractivity contribution in [1.29, 1.82) is 0 Å². The summed E-state index contributed by atoms with van der Waals surface area (Å²) in [6, 6.07) is 9.29. The Balaban J connectivity index is 1.60. The van der Waals surface area contributed by atoms with Gasteiger partial charge >= 0.3 is 0 Å². The number of benzene rings is 1. The second-order valence-electron chi connectivity index (χ2n) is 8.35. The van der Waals surface area contributed by atoms with Crippen LogP contribution in [0.5, 0.6) is 0 Å². The molecule has 0 radical (unpaired) electrons. The SMILES string of the molecule is CC(C)n1nc(-c2ccccc2)nc1[C@H]1CC[C@@H](O)[C@H](NS(=O)(=O)c2cnn(C)c2)C1. The van der Waals surface area contributed by atoms with Crippen molar-refractivity contribution < 1.29 is 13.5 Å². The molecule has 4 rings (SSSR count). The summed E-state index contributed by atoms with van der Waals surface area (Å²) in [5.41, 5.74) is 0.938. The summed E-state index contributed by atoms with van der Waals surface area (Å²) < 4.78 is 31.5. The van der Waals surface area contributed by atoms with Crippen molar-refractivity contribution in [3.05, 3.63) is 48.5 Å². The zero-order chi connectivity index (χ0) is 22.2. The molecule has 2 N–H and O–H groups in total. The minimum Gasteiger partial charge on any atom is -0.391 e. The molecular formula is C21H28N6O3S. The molecule has 0 unspecified atom stereocenters. The average Bonchev–Trinajstić information content (AvgIpc) is 3.37. The molecule has 9 nitrogen and oxygen atoms in total. The third-order valence-electron chi connectivity index (χ3n) is 5.66. The van der Waals surface area contributed by atoms with Crippen LogP contribution in [0.2, 0.25) is 0 Å².